The van der Waals surface area contributed by atoms with Crippen LogP contribution in [0.4, 0.5) is 10.5 Å². The van der Waals surface area contributed by atoms with Crippen LogP contribution < -0.4 is 16.4 Å². The minimum absolute atomic E-state index is 0.278. The van der Waals surface area contributed by atoms with E-state index in [4.69, 9.17) is 5.73 Å². The van der Waals surface area contributed by atoms with Crippen LogP contribution in [0.5, 0.6) is 0 Å². The summed E-state index contributed by atoms with van der Waals surface area (Å²) in [5.74, 6) is -0.525. The van der Waals surface area contributed by atoms with Crippen LogP contribution in [-0.2, 0) is 0 Å². The largest absolute Gasteiger partial charge is 0.398 e. The Hall–Kier alpha value is -2.30. The molecule has 0 aliphatic carbocycles. The molecule has 0 bridgehead atoms. The van der Waals surface area contributed by atoms with Gasteiger partial charge >= 0.3 is 6.03 Å². The lowest BCUT2D eigenvalue weighted by atomic mass is 10.2. The Labute approximate surface area is 99.7 Å². The van der Waals surface area contributed by atoms with Gasteiger partial charge in [-0.3, -0.25) is 10.1 Å². The topological polar surface area (TPSA) is 84.2 Å². The number of hydrogen-bond acceptors (Lipinski definition) is 3. The SMILES string of the molecule is CC(C)=CNC(=O)NC(=O)c1ccccc1N. The Kier molecular flexibility index (Phi) is 4.28. The molecule has 5 nitrogen and oxygen atoms in total. The predicted molar refractivity (Wildman–Crippen MR) is 66.3 cm³/mol. The van der Waals surface area contributed by atoms with E-state index in [9.17, 15) is 9.59 Å². The molecule has 1 aromatic carbocycles. The van der Waals surface area contributed by atoms with E-state index in [1.807, 2.05) is 13.8 Å². The van der Waals surface area contributed by atoms with Gasteiger partial charge in [0.1, 0.15) is 0 Å². The van der Waals surface area contributed by atoms with Crippen LogP contribution in [0.2, 0.25) is 0 Å². The maximum Gasteiger partial charge on any atom is 0.325 e. The van der Waals surface area contributed by atoms with E-state index in [0.29, 0.717) is 5.69 Å². The average molecular weight is 233 g/mol. The molecule has 0 unspecified atom stereocenters. The number of rotatable bonds is 2. The van der Waals surface area contributed by atoms with Crippen molar-refractivity contribution in [1.82, 2.24) is 10.6 Å². The van der Waals surface area contributed by atoms with Crippen molar-refractivity contribution >= 4 is 17.6 Å². The molecule has 5 heteroatoms. The van der Waals surface area contributed by atoms with Crippen molar-refractivity contribution in [3.63, 3.8) is 0 Å². The van der Waals surface area contributed by atoms with E-state index in [0.717, 1.165) is 5.57 Å². The predicted octanol–water partition coefficient (Wildman–Crippen LogP) is 1.63. The van der Waals surface area contributed by atoms with Gasteiger partial charge in [-0.1, -0.05) is 17.7 Å². The Morgan fingerprint density at radius 3 is 2.47 bits per heavy atom. The smallest absolute Gasteiger partial charge is 0.325 e. The molecule has 0 aliphatic heterocycles. The van der Waals surface area contributed by atoms with Crippen molar-refractivity contribution < 1.29 is 9.59 Å². The van der Waals surface area contributed by atoms with E-state index in [1.165, 1.54) is 6.20 Å². The molecule has 1 rings (SSSR count). The number of nitrogens with one attached hydrogen (secondary N) is 2. The van der Waals surface area contributed by atoms with E-state index in [1.54, 1.807) is 24.3 Å². The van der Waals surface area contributed by atoms with Crippen molar-refractivity contribution in [3.8, 4) is 0 Å². The average Bonchev–Trinajstić information content (AvgIpc) is 2.26. The van der Waals surface area contributed by atoms with Crippen molar-refractivity contribution in [2.24, 2.45) is 0 Å². The van der Waals surface area contributed by atoms with E-state index < -0.39 is 11.9 Å². The molecular formula is C12H15N3O2. The lowest BCUT2D eigenvalue weighted by molar-refractivity contribution is 0.0965. The number of nitrogen functional groups attached to an aromatic ring is 1. The number of carbonyl (C=O) groups is 2. The van der Waals surface area contributed by atoms with Gasteiger partial charge in [0.05, 0.1) is 5.56 Å². The molecule has 0 aromatic heterocycles. The molecule has 0 aliphatic rings. The van der Waals surface area contributed by atoms with E-state index >= 15 is 0 Å². The lowest BCUT2D eigenvalue weighted by Crippen LogP contribution is -2.37. The maximum absolute atomic E-state index is 11.6. The van der Waals surface area contributed by atoms with Gasteiger partial charge in [0.15, 0.2) is 0 Å². The summed E-state index contributed by atoms with van der Waals surface area (Å²) in [6, 6.07) is 5.97. The summed E-state index contributed by atoms with van der Waals surface area (Å²) in [5, 5.41) is 4.61. The van der Waals surface area contributed by atoms with Crippen LogP contribution in [0.3, 0.4) is 0 Å². The highest BCUT2D eigenvalue weighted by molar-refractivity contribution is 6.07. The molecule has 1 aromatic rings. The zero-order valence-electron chi connectivity index (χ0n) is 9.78. The minimum atomic E-state index is -0.584. The lowest BCUT2D eigenvalue weighted by Gasteiger charge is -2.06. The Bertz CT molecular complexity index is 463. The third kappa shape index (κ3) is 3.98. The van der Waals surface area contributed by atoms with Crippen LogP contribution >= 0.6 is 0 Å². The monoisotopic (exact) mass is 233 g/mol. The number of anilines is 1. The fourth-order valence-electron chi connectivity index (χ4n) is 1.12. The summed E-state index contributed by atoms with van der Waals surface area (Å²) < 4.78 is 0. The first-order chi connectivity index (χ1) is 8.00. The number of benzene rings is 1. The highest BCUT2D eigenvalue weighted by atomic mass is 16.2. The Morgan fingerprint density at radius 2 is 1.88 bits per heavy atom. The fourth-order valence-corrected chi connectivity index (χ4v) is 1.12. The summed E-state index contributed by atoms with van der Waals surface area (Å²) in [5.41, 5.74) is 7.15. The summed E-state index contributed by atoms with van der Waals surface area (Å²) >= 11 is 0. The summed E-state index contributed by atoms with van der Waals surface area (Å²) in [4.78, 5) is 23.0. The molecule has 90 valence electrons. The second kappa shape index (κ2) is 5.69. The van der Waals surface area contributed by atoms with Crippen molar-refractivity contribution in [3.05, 3.63) is 41.6 Å². The van der Waals surface area contributed by atoms with E-state index in [2.05, 4.69) is 10.6 Å². The molecular weight excluding hydrogens is 218 g/mol. The molecule has 0 heterocycles. The first-order valence-corrected chi connectivity index (χ1v) is 5.10. The minimum Gasteiger partial charge on any atom is -0.398 e. The normalized spacial score (nSPS) is 9.29. The number of carbonyl (C=O) groups excluding carboxylic acids is 2. The molecule has 0 spiro atoms. The highest BCUT2D eigenvalue weighted by Crippen LogP contribution is 2.09. The quantitative estimate of drug-likeness (QED) is 0.679. The van der Waals surface area contributed by atoms with E-state index in [-0.39, 0.29) is 5.56 Å². The number of imide groups is 1. The zero-order valence-corrected chi connectivity index (χ0v) is 9.78. The van der Waals surface area contributed by atoms with Gasteiger partial charge < -0.3 is 11.1 Å². The maximum atomic E-state index is 11.6. The molecule has 17 heavy (non-hydrogen) atoms. The van der Waals surface area contributed by atoms with Crippen LogP contribution in [0.15, 0.2) is 36.0 Å². The first-order valence-electron chi connectivity index (χ1n) is 5.10. The summed E-state index contributed by atoms with van der Waals surface area (Å²) in [6.07, 6.45) is 1.51. The van der Waals surface area contributed by atoms with Gasteiger partial charge in [-0.15, -0.1) is 0 Å². The second-order valence-corrected chi connectivity index (χ2v) is 3.74. The van der Waals surface area contributed by atoms with Crippen molar-refractivity contribution in [2.45, 2.75) is 13.8 Å². The van der Waals surface area contributed by atoms with Crippen LogP contribution in [-0.4, -0.2) is 11.9 Å². The molecule has 0 saturated heterocycles. The van der Waals surface area contributed by atoms with Crippen molar-refractivity contribution in [2.75, 3.05) is 5.73 Å². The third-order valence-corrected chi connectivity index (χ3v) is 1.92. The van der Waals surface area contributed by atoms with Crippen LogP contribution in [0, 0.1) is 0 Å². The molecule has 3 amide bonds. The fraction of sp³-hybridized carbons (Fsp3) is 0.167. The van der Waals surface area contributed by atoms with Gasteiger partial charge in [-0.2, -0.15) is 0 Å². The van der Waals surface area contributed by atoms with Gasteiger partial charge in [-0.25, -0.2) is 4.79 Å². The van der Waals surface area contributed by atoms with Gasteiger partial charge in [0.2, 0.25) is 0 Å². The number of allylic oxidation sites excluding steroid dienone is 1. The van der Waals surface area contributed by atoms with Gasteiger partial charge in [0, 0.05) is 11.9 Å². The summed E-state index contributed by atoms with van der Waals surface area (Å²) in [7, 11) is 0. The number of hydrogen-bond donors (Lipinski definition) is 3. The Morgan fingerprint density at radius 1 is 1.24 bits per heavy atom. The number of para-hydroxylation sites is 1. The molecule has 0 fully saturated rings. The molecule has 0 atom stereocenters. The van der Waals surface area contributed by atoms with Crippen molar-refractivity contribution in [1.29, 1.82) is 0 Å². The summed E-state index contributed by atoms with van der Waals surface area (Å²) in [6.45, 7) is 3.66. The van der Waals surface area contributed by atoms with Gasteiger partial charge in [-0.05, 0) is 26.0 Å². The Balaban J connectivity index is 2.64. The molecule has 0 radical (unpaired) electrons. The first kappa shape index (κ1) is 12.8. The van der Waals surface area contributed by atoms with Gasteiger partial charge in [0.25, 0.3) is 5.91 Å². The zero-order chi connectivity index (χ0) is 12.8. The standard InChI is InChI=1S/C12H15N3O2/c1-8(2)7-14-12(17)15-11(16)9-5-3-4-6-10(9)13/h3-7H,13H2,1-2H3,(H2,14,15,16,17). The highest BCUT2D eigenvalue weighted by Gasteiger charge is 2.11. The molecule has 0 saturated carbocycles. The van der Waals surface area contributed by atoms with Crippen LogP contribution in [0.1, 0.15) is 24.2 Å². The molecule has 4 N–H and O–H groups in total. The number of amides is 3. The van der Waals surface area contributed by atoms with Crippen LogP contribution in [0.25, 0.3) is 0 Å². The third-order valence-electron chi connectivity index (χ3n) is 1.92. The second-order valence-electron chi connectivity index (χ2n) is 3.74. The number of nitrogens with two attached hydrogens (primary N) is 1. The number of urea groups is 1.